The number of hydrogen-bond acceptors (Lipinski definition) is 3. The first-order chi connectivity index (χ1) is 9.04. The summed E-state index contributed by atoms with van der Waals surface area (Å²) in [7, 11) is 1.96. The molecule has 0 atom stereocenters. The highest BCUT2D eigenvalue weighted by molar-refractivity contribution is 6.33. The van der Waals surface area contributed by atoms with E-state index in [1.54, 1.807) is 6.20 Å². The molecular formula is C15H18ClN3. The summed E-state index contributed by atoms with van der Waals surface area (Å²) < 4.78 is 0. The van der Waals surface area contributed by atoms with E-state index in [2.05, 4.69) is 37.0 Å². The lowest BCUT2D eigenvalue weighted by Gasteiger charge is -2.22. The summed E-state index contributed by atoms with van der Waals surface area (Å²) in [6.45, 7) is 4.58. The lowest BCUT2D eigenvalue weighted by atomic mass is 10.1. The normalized spacial score (nSPS) is 10.6. The van der Waals surface area contributed by atoms with Crippen LogP contribution in [0.5, 0.6) is 0 Å². The second-order valence-electron chi connectivity index (χ2n) is 4.66. The molecule has 0 radical (unpaired) electrons. The number of aryl methyl sites for hydroxylation is 2. The molecular weight excluding hydrogens is 258 g/mol. The first-order valence-corrected chi connectivity index (χ1v) is 6.57. The number of rotatable bonds is 3. The monoisotopic (exact) mass is 275 g/mol. The SMILES string of the molecule is Cc1ccc(N(C)c2nccc(CN)c2Cl)c(C)c1. The number of hydrogen-bond donors (Lipinski definition) is 1. The lowest BCUT2D eigenvalue weighted by Crippen LogP contribution is -2.14. The van der Waals surface area contributed by atoms with Crippen LogP contribution in [0.2, 0.25) is 5.02 Å². The minimum Gasteiger partial charge on any atom is -0.328 e. The van der Waals surface area contributed by atoms with Gasteiger partial charge in [0.05, 0.1) is 5.02 Å². The van der Waals surface area contributed by atoms with Crippen LogP contribution < -0.4 is 10.6 Å². The van der Waals surface area contributed by atoms with Crippen LogP contribution in [0.25, 0.3) is 0 Å². The molecule has 1 aromatic carbocycles. The quantitative estimate of drug-likeness (QED) is 0.931. The van der Waals surface area contributed by atoms with Crippen molar-refractivity contribution < 1.29 is 0 Å². The number of nitrogens with two attached hydrogens (primary N) is 1. The molecule has 2 aromatic rings. The van der Waals surface area contributed by atoms with Gasteiger partial charge in [0.2, 0.25) is 0 Å². The summed E-state index contributed by atoms with van der Waals surface area (Å²) in [5, 5.41) is 0.618. The molecule has 0 saturated heterocycles. The zero-order valence-electron chi connectivity index (χ0n) is 11.4. The molecule has 0 saturated carbocycles. The second kappa shape index (κ2) is 5.59. The molecule has 0 aliphatic carbocycles. The fraction of sp³-hybridized carbons (Fsp3) is 0.267. The molecule has 0 amide bonds. The summed E-state index contributed by atoms with van der Waals surface area (Å²) in [4.78, 5) is 6.36. The standard InChI is InChI=1S/C15H18ClN3/c1-10-4-5-13(11(2)8-10)19(3)15-14(16)12(9-17)6-7-18-15/h4-8H,9,17H2,1-3H3. The third-order valence-electron chi connectivity index (χ3n) is 3.20. The van der Waals surface area contributed by atoms with Gasteiger partial charge in [-0.3, -0.25) is 0 Å². The summed E-state index contributed by atoms with van der Waals surface area (Å²) >= 11 is 6.35. The van der Waals surface area contributed by atoms with E-state index in [4.69, 9.17) is 17.3 Å². The molecule has 0 bridgehead atoms. The third-order valence-corrected chi connectivity index (χ3v) is 3.61. The molecule has 0 fully saturated rings. The lowest BCUT2D eigenvalue weighted by molar-refractivity contribution is 1.04. The number of nitrogens with zero attached hydrogens (tertiary/aromatic N) is 2. The largest absolute Gasteiger partial charge is 0.328 e. The highest BCUT2D eigenvalue weighted by Crippen LogP contribution is 2.32. The van der Waals surface area contributed by atoms with Crippen LogP contribution in [-0.2, 0) is 6.54 Å². The molecule has 2 rings (SSSR count). The van der Waals surface area contributed by atoms with Crippen molar-refractivity contribution in [2.24, 2.45) is 5.73 Å². The van der Waals surface area contributed by atoms with Crippen LogP contribution in [-0.4, -0.2) is 12.0 Å². The van der Waals surface area contributed by atoms with E-state index < -0.39 is 0 Å². The Hall–Kier alpha value is -1.58. The highest BCUT2D eigenvalue weighted by atomic mass is 35.5. The topological polar surface area (TPSA) is 42.2 Å². The van der Waals surface area contributed by atoms with Crippen molar-refractivity contribution in [3.63, 3.8) is 0 Å². The van der Waals surface area contributed by atoms with Gasteiger partial charge >= 0.3 is 0 Å². The van der Waals surface area contributed by atoms with E-state index in [-0.39, 0.29) is 0 Å². The Morgan fingerprint density at radius 1 is 1.26 bits per heavy atom. The molecule has 100 valence electrons. The molecule has 0 spiro atoms. The van der Waals surface area contributed by atoms with Crippen molar-refractivity contribution in [3.8, 4) is 0 Å². The number of pyridine rings is 1. The van der Waals surface area contributed by atoms with Crippen molar-refractivity contribution in [1.29, 1.82) is 0 Å². The van der Waals surface area contributed by atoms with Crippen LogP contribution in [0.4, 0.5) is 11.5 Å². The van der Waals surface area contributed by atoms with Gasteiger partial charge in [0.1, 0.15) is 0 Å². The number of aromatic nitrogens is 1. The van der Waals surface area contributed by atoms with Gasteiger partial charge in [-0.05, 0) is 37.1 Å². The first-order valence-electron chi connectivity index (χ1n) is 6.19. The van der Waals surface area contributed by atoms with Crippen LogP contribution in [0.3, 0.4) is 0 Å². The fourth-order valence-electron chi connectivity index (χ4n) is 2.16. The molecule has 0 aliphatic rings. The summed E-state index contributed by atoms with van der Waals surface area (Å²) in [5.74, 6) is 0.733. The van der Waals surface area contributed by atoms with Gasteiger partial charge in [0.15, 0.2) is 5.82 Å². The molecule has 0 unspecified atom stereocenters. The van der Waals surface area contributed by atoms with Gasteiger partial charge in [0, 0.05) is 25.5 Å². The van der Waals surface area contributed by atoms with E-state index in [1.165, 1.54) is 11.1 Å². The Morgan fingerprint density at radius 2 is 2.00 bits per heavy atom. The minimum atomic E-state index is 0.412. The van der Waals surface area contributed by atoms with Crippen molar-refractivity contribution in [3.05, 3.63) is 52.2 Å². The molecule has 2 N–H and O–H groups in total. The smallest absolute Gasteiger partial charge is 0.151 e. The molecule has 3 nitrogen and oxygen atoms in total. The summed E-state index contributed by atoms with van der Waals surface area (Å²) in [6.07, 6.45) is 1.74. The maximum absolute atomic E-state index is 6.35. The molecule has 1 aromatic heterocycles. The Bertz CT molecular complexity index is 596. The molecule has 19 heavy (non-hydrogen) atoms. The van der Waals surface area contributed by atoms with Gasteiger partial charge in [-0.2, -0.15) is 0 Å². The van der Waals surface area contributed by atoms with Crippen LogP contribution in [0.15, 0.2) is 30.5 Å². The second-order valence-corrected chi connectivity index (χ2v) is 5.04. The van der Waals surface area contributed by atoms with Crippen LogP contribution in [0, 0.1) is 13.8 Å². The van der Waals surface area contributed by atoms with E-state index in [0.717, 1.165) is 17.1 Å². The maximum Gasteiger partial charge on any atom is 0.151 e. The highest BCUT2D eigenvalue weighted by Gasteiger charge is 2.14. The van der Waals surface area contributed by atoms with Crippen molar-refractivity contribution >= 4 is 23.1 Å². The van der Waals surface area contributed by atoms with E-state index >= 15 is 0 Å². The van der Waals surface area contributed by atoms with Crippen molar-refractivity contribution in [1.82, 2.24) is 4.98 Å². The van der Waals surface area contributed by atoms with Crippen LogP contribution in [0.1, 0.15) is 16.7 Å². The van der Waals surface area contributed by atoms with Gasteiger partial charge in [0.25, 0.3) is 0 Å². The first kappa shape index (κ1) is 13.8. The zero-order valence-corrected chi connectivity index (χ0v) is 12.2. The average Bonchev–Trinajstić information content (AvgIpc) is 2.38. The number of halogens is 1. The fourth-order valence-corrected chi connectivity index (χ4v) is 2.47. The number of anilines is 2. The van der Waals surface area contributed by atoms with Crippen molar-refractivity contribution in [2.75, 3.05) is 11.9 Å². The van der Waals surface area contributed by atoms with E-state index in [9.17, 15) is 0 Å². The average molecular weight is 276 g/mol. The van der Waals surface area contributed by atoms with Crippen LogP contribution >= 0.6 is 11.6 Å². The third kappa shape index (κ3) is 2.72. The maximum atomic E-state index is 6.35. The van der Waals surface area contributed by atoms with Gasteiger partial charge in [-0.15, -0.1) is 0 Å². The Morgan fingerprint density at radius 3 is 2.63 bits per heavy atom. The number of benzene rings is 1. The minimum absolute atomic E-state index is 0.412. The molecule has 0 aliphatic heterocycles. The zero-order chi connectivity index (χ0) is 14.0. The molecule has 1 heterocycles. The van der Waals surface area contributed by atoms with E-state index in [0.29, 0.717) is 11.6 Å². The molecule has 4 heteroatoms. The summed E-state index contributed by atoms with van der Waals surface area (Å²) in [5.41, 5.74) is 10.1. The van der Waals surface area contributed by atoms with E-state index in [1.807, 2.05) is 18.0 Å². The predicted molar refractivity (Wildman–Crippen MR) is 81.1 cm³/mol. The van der Waals surface area contributed by atoms with Gasteiger partial charge in [-0.25, -0.2) is 4.98 Å². The Kier molecular flexibility index (Phi) is 4.08. The Balaban J connectivity index is 2.47. The van der Waals surface area contributed by atoms with Crippen molar-refractivity contribution in [2.45, 2.75) is 20.4 Å². The summed E-state index contributed by atoms with van der Waals surface area (Å²) in [6, 6.07) is 8.16. The Labute approximate surface area is 119 Å². The van der Waals surface area contributed by atoms with Gasteiger partial charge < -0.3 is 10.6 Å². The predicted octanol–water partition coefficient (Wildman–Crippen LogP) is 3.58. The van der Waals surface area contributed by atoms with Gasteiger partial charge in [-0.1, -0.05) is 29.3 Å².